The number of rotatable bonds is 7. The monoisotopic (exact) mass is 568 g/mol. The molecule has 2 amide bonds. The Kier molecular flexibility index (Phi) is 9.48. The number of nitrogens with one attached hydrogen (secondary N) is 2. The number of aryl methyl sites for hydroxylation is 1. The van der Waals surface area contributed by atoms with Crippen LogP contribution >= 0.6 is 46.7 Å². The number of aromatic carboxylic acids is 1. The van der Waals surface area contributed by atoms with Gasteiger partial charge in [-0.3, -0.25) is 14.5 Å². The Morgan fingerprint density at radius 1 is 1.17 bits per heavy atom. The topological polar surface area (TPSA) is 112 Å². The molecule has 0 bridgehead atoms. The number of amides is 2. The molecular weight excluding hydrogens is 543 g/mol. The van der Waals surface area contributed by atoms with Gasteiger partial charge in [0.25, 0.3) is 11.8 Å². The molecule has 0 radical (unpaired) electrons. The third kappa shape index (κ3) is 6.63. The first-order chi connectivity index (χ1) is 16.7. The van der Waals surface area contributed by atoms with Crippen LogP contribution in [0.15, 0.2) is 30.3 Å². The number of anilines is 1. The maximum absolute atomic E-state index is 13.1. The Morgan fingerprint density at radius 2 is 1.94 bits per heavy atom. The summed E-state index contributed by atoms with van der Waals surface area (Å²) in [5.41, 5.74) is 1.87. The first-order valence-corrected chi connectivity index (χ1v) is 13.2. The Morgan fingerprint density at radius 3 is 2.61 bits per heavy atom. The molecule has 2 aromatic heterocycles. The van der Waals surface area contributed by atoms with Crippen LogP contribution in [0.1, 0.15) is 66.2 Å². The van der Waals surface area contributed by atoms with Crippen LogP contribution in [0.25, 0.3) is 0 Å². The van der Waals surface area contributed by atoms with Crippen molar-refractivity contribution in [2.45, 2.75) is 45.8 Å². The Labute approximate surface area is 228 Å². The van der Waals surface area contributed by atoms with E-state index >= 15 is 0 Å². The summed E-state index contributed by atoms with van der Waals surface area (Å²) in [6.07, 6.45) is 1.80. The minimum Gasteiger partial charge on any atom is -0.478 e. The summed E-state index contributed by atoms with van der Waals surface area (Å²) in [5.74, 6) is -1.82. The molecule has 1 aliphatic heterocycles. The number of carbonyl (C=O) groups is 3. The van der Waals surface area contributed by atoms with Crippen molar-refractivity contribution in [1.29, 1.82) is 0 Å². The number of aromatic nitrogens is 1. The van der Waals surface area contributed by atoms with E-state index in [1.54, 1.807) is 18.2 Å². The van der Waals surface area contributed by atoms with Crippen LogP contribution in [-0.4, -0.2) is 45.4 Å². The van der Waals surface area contributed by atoms with Gasteiger partial charge in [0, 0.05) is 29.7 Å². The number of halogens is 2. The molecule has 0 unspecified atom stereocenters. The number of fused-ring (bicyclic) bond motifs is 1. The molecule has 0 fully saturated rings. The maximum Gasteiger partial charge on any atom is 0.335 e. The lowest BCUT2D eigenvalue weighted by Crippen LogP contribution is -2.30. The average molecular weight is 570 g/mol. The van der Waals surface area contributed by atoms with Crippen LogP contribution in [0.3, 0.4) is 0 Å². The fraction of sp³-hybridized carbons (Fsp3) is 0.333. The first-order valence-electron chi connectivity index (χ1n) is 11.1. The number of carboxylic acids is 1. The predicted octanol–water partition coefficient (Wildman–Crippen LogP) is 5.32. The third-order valence-electron chi connectivity index (χ3n) is 5.75. The zero-order chi connectivity index (χ0) is 25.1. The summed E-state index contributed by atoms with van der Waals surface area (Å²) in [5, 5.41) is 15.4. The lowest BCUT2D eigenvalue weighted by Gasteiger charge is -2.23. The molecule has 0 saturated heterocycles. The van der Waals surface area contributed by atoms with E-state index in [4.69, 9.17) is 11.6 Å². The largest absolute Gasteiger partial charge is 0.478 e. The predicted molar refractivity (Wildman–Crippen MR) is 145 cm³/mol. The van der Waals surface area contributed by atoms with E-state index in [-0.39, 0.29) is 30.4 Å². The van der Waals surface area contributed by atoms with E-state index in [0.717, 1.165) is 47.8 Å². The van der Waals surface area contributed by atoms with Crippen LogP contribution in [0, 0.1) is 0 Å². The van der Waals surface area contributed by atoms with Crippen molar-refractivity contribution in [1.82, 2.24) is 15.2 Å². The molecule has 1 aliphatic rings. The fourth-order valence-corrected chi connectivity index (χ4v) is 5.80. The maximum atomic E-state index is 13.1. The highest BCUT2D eigenvalue weighted by Gasteiger charge is 2.23. The van der Waals surface area contributed by atoms with Gasteiger partial charge in [0.2, 0.25) is 0 Å². The van der Waals surface area contributed by atoms with Crippen molar-refractivity contribution >= 4 is 70.2 Å². The number of hydrogen-bond donors (Lipinski definition) is 3. The normalized spacial score (nSPS) is 13.4. The first kappa shape index (κ1) is 28.1. The minimum atomic E-state index is -1.11. The molecule has 1 aromatic carbocycles. The molecular formula is C24H26Cl2N4O4S2. The van der Waals surface area contributed by atoms with Gasteiger partial charge in [-0.1, -0.05) is 17.7 Å². The Balaban J connectivity index is 0.00000361. The molecule has 12 heteroatoms. The van der Waals surface area contributed by atoms with E-state index < -0.39 is 11.9 Å². The second-order valence-corrected chi connectivity index (χ2v) is 11.3. The van der Waals surface area contributed by atoms with Crippen LogP contribution in [0.4, 0.5) is 5.69 Å². The smallest absolute Gasteiger partial charge is 0.335 e. The van der Waals surface area contributed by atoms with Crippen LogP contribution in [0.2, 0.25) is 4.34 Å². The van der Waals surface area contributed by atoms with Crippen molar-refractivity contribution in [3.63, 3.8) is 0 Å². The summed E-state index contributed by atoms with van der Waals surface area (Å²) in [7, 11) is 0. The number of thiazole rings is 1. The van der Waals surface area contributed by atoms with Gasteiger partial charge in [-0.2, -0.15) is 0 Å². The van der Waals surface area contributed by atoms with E-state index in [1.165, 1.54) is 23.5 Å². The van der Waals surface area contributed by atoms with Crippen molar-refractivity contribution in [3.05, 3.63) is 66.3 Å². The summed E-state index contributed by atoms with van der Waals surface area (Å²) < 4.78 is 0.507. The van der Waals surface area contributed by atoms with Crippen LogP contribution < -0.4 is 10.6 Å². The Hall–Kier alpha value is -2.50. The summed E-state index contributed by atoms with van der Waals surface area (Å²) in [6.45, 7) is 6.17. The second-order valence-electron chi connectivity index (χ2n) is 8.47. The van der Waals surface area contributed by atoms with E-state index in [2.05, 4.69) is 34.4 Å². The van der Waals surface area contributed by atoms with Gasteiger partial charge in [-0.15, -0.1) is 35.1 Å². The fourth-order valence-electron chi connectivity index (χ4n) is 3.81. The molecule has 0 atom stereocenters. The molecule has 0 saturated carbocycles. The summed E-state index contributed by atoms with van der Waals surface area (Å²) in [4.78, 5) is 45.5. The molecule has 3 N–H and O–H groups in total. The van der Waals surface area contributed by atoms with E-state index in [0.29, 0.717) is 31.5 Å². The third-order valence-corrected chi connectivity index (χ3v) is 8.06. The molecule has 36 heavy (non-hydrogen) atoms. The van der Waals surface area contributed by atoms with Gasteiger partial charge in [0.15, 0.2) is 5.01 Å². The zero-order valence-electron chi connectivity index (χ0n) is 19.7. The van der Waals surface area contributed by atoms with Gasteiger partial charge >= 0.3 is 5.97 Å². The number of benzene rings is 1. The highest BCUT2D eigenvalue weighted by molar-refractivity contribution is 7.18. The number of hydrogen-bond acceptors (Lipinski definition) is 7. The number of thiophene rings is 1. The summed E-state index contributed by atoms with van der Waals surface area (Å²) in [6, 6.07) is 8.09. The molecule has 192 valence electrons. The second kappa shape index (κ2) is 12.2. The minimum absolute atomic E-state index is 0. The van der Waals surface area contributed by atoms with Gasteiger partial charge in [0.1, 0.15) is 0 Å². The van der Waals surface area contributed by atoms with Crippen LogP contribution in [-0.2, 0) is 19.5 Å². The number of nitrogens with zero attached hydrogens (tertiary/aromatic N) is 2. The zero-order valence-corrected chi connectivity index (χ0v) is 22.9. The van der Waals surface area contributed by atoms with E-state index in [9.17, 15) is 19.5 Å². The quantitative estimate of drug-likeness (QED) is 0.355. The van der Waals surface area contributed by atoms with Gasteiger partial charge < -0.3 is 15.7 Å². The highest BCUT2D eigenvalue weighted by Crippen LogP contribution is 2.27. The molecule has 4 rings (SSSR count). The molecule has 0 aliphatic carbocycles. The van der Waals surface area contributed by atoms with E-state index in [1.807, 2.05) is 0 Å². The lowest BCUT2D eigenvalue weighted by molar-refractivity contribution is 0.0696. The standard InChI is InChI=1S/C24H25ClN4O4S2.ClH/c1-13(2)29-9-3-4-16-19(12-29)35-23(28-16)22(31)27-17-10-14(24(32)33)5-6-15(17)11-26-21(30)18-7-8-20(25)34-18;/h5-8,10,13H,3-4,9,11-12H2,1-2H3,(H,26,30)(H,27,31)(H,32,33);1H. The molecule has 8 nitrogen and oxygen atoms in total. The van der Waals surface area contributed by atoms with Gasteiger partial charge in [-0.25, -0.2) is 9.78 Å². The van der Waals surface area contributed by atoms with Crippen molar-refractivity contribution in [2.75, 3.05) is 11.9 Å². The lowest BCUT2D eigenvalue weighted by atomic mass is 10.1. The summed E-state index contributed by atoms with van der Waals surface area (Å²) >= 11 is 8.44. The van der Waals surface area contributed by atoms with Crippen LogP contribution in [0.5, 0.6) is 0 Å². The van der Waals surface area contributed by atoms with Gasteiger partial charge in [-0.05, 0) is 63.1 Å². The highest BCUT2D eigenvalue weighted by atomic mass is 35.5. The van der Waals surface area contributed by atoms with Crippen molar-refractivity contribution in [2.24, 2.45) is 0 Å². The van der Waals surface area contributed by atoms with Crippen molar-refractivity contribution < 1.29 is 19.5 Å². The van der Waals surface area contributed by atoms with Gasteiger partial charge in [0.05, 0.1) is 20.5 Å². The Bertz CT molecular complexity index is 1270. The average Bonchev–Trinajstić information content (AvgIpc) is 3.38. The molecule has 0 spiro atoms. The molecule has 3 aromatic rings. The molecule has 3 heterocycles. The number of carboxylic acid groups (broad SMARTS) is 1. The van der Waals surface area contributed by atoms with Crippen molar-refractivity contribution in [3.8, 4) is 0 Å². The SMILES string of the molecule is CC(C)N1CCCc2nc(C(=O)Nc3cc(C(=O)O)ccc3CNC(=O)c3ccc(Cl)s3)sc2C1.Cl. The number of carbonyl (C=O) groups excluding carboxylic acids is 2.